The number of hydrogen-bond donors (Lipinski definition) is 1. The number of ether oxygens (including phenoxy) is 2. The Morgan fingerprint density at radius 1 is 1.17 bits per heavy atom. The van der Waals surface area contributed by atoms with Gasteiger partial charge in [0.1, 0.15) is 6.07 Å². The summed E-state index contributed by atoms with van der Waals surface area (Å²) in [7, 11) is 1.53. The fraction of sp³-hybridized carbons (Fsp3) is 0.304. The standard InChI is InChI=1S/C23H27N3O3/c1-4-26(5-2)17-19-7-6-8-20(15-19)25-23(27)12-10-18-9-11-21(29-14-13-24)22(16-18)28-3/h6-12,15-16H,4-5,14,17H2,1-3H3,(H,25,27)/b12-10+. The van der Waals surface area contributed by atoms with Crippen molar-refractivity contribution in [2.75, 3.05) is 32.1 Å². The third kappa shape index (κ3) is 6.98. The summed E-state index contributed by atoms with van der Waals surface area (Å²) >= 11 is 0. The summed E-state index contributed by atoms with van der Waals surface area (Å²) in [5.74, 6) is 0.779. The summed E-state index contributed by atoms with van der Waals surface area (Å²) in [6, 6.07) is 15.1. The number of nitriles is 1. The summed E-state index contributed by atoms with van der Waals surface area (Å²) in [6.07, 6.45) is 3.17. The van der Waals surface area contributed by atoms with Crippen molar-refractivity contribution in [1.82, 2.24) is 4.90 Å². The van der Waals surface area contributed by atoms with E-state index in [1.807, 2.05) is 24.3 Å². The van der Waals surface area contributed by atoms with Gasteiger partial charge in [-0.3, -0.25) is 9.69 Å². The minimum atomic E-state index is -0.214. The summed E-state index contributed by atoms with van der Waals surface area (Å²) in [4.78, 5) is 14.6. The normalized spacial score (nSPS) is 10.7. The van der Waals surface area contributed by atoms with E-state index in [1.54, 1.807) is 24.3 Å². The maximum absolute atomic E-state index is 12.3. The van der Waals surface area contributed by atoms with E-state index in [0.29, 0.717) is 11.5 Å². The van der Waals surface area contributed by atoms with Crippen LogP contribution in [0.5, 0.6) is 11.5 Å². The predicted octanol–water partition coefficient (Wildman–Crippen LogP) is 4.09. The van der Waals surface area contributed by atoms with Crippen molar-refractivity contribution in [3.8, 4) is 17.6 Å². The third-order valence-corrected chi connectivity index (χ3v) is 4.40. The SMILES string of the molecule is CCN(CC)Cc1cccc(NC(=O)/C=C/c2ccc(OCC#N)c(OC)c2)c1. The maximum Gasteiger partial charge on any atom is 0.248 e. The zero-order valence-corrected chi connectivity index (χ0v) is 17.1. The van der Waals surface area contributed by atoms with E-state index in [2.05, 4.69) is 30.1 Å². The van der Waals surface area contributed by atoms with E-state index in [9.17, 15) is 4.79 Å². The second-order valence-electron chi connectivity index (χ2n) is 6.34. The molecule has 0 heterocycles. The smallest absolute Gasteiger partial charge is 0.248 e. The van der Waals surface area contributed by atoms with Gasteiger partial charge in [0.05, 0.1) is 7.11 Å². The highest BCUT2D eigenvalue weighted by Gasteiger charge is 2.06. The molecule has 0 atom stereocenters. The fourth-order valence-corrected chi connectivity index (χ4v) is 2.83. The summed E-state index contributed by atoms with van der Waals surface area (Å²) < 4.78 is 10.6. The first-order chi connectivity index (χ1) is 14.1. The molecule has 6 heteroatoms. The molecule has 2 aromatic rings. The van der Waals surface area contributed by atoms with E-state index in [0.717, 1.165) is 36.4 Å². The van der Waals surface area contributed by atoms with E-state index < -0.39 is 0 Å². The minimum Gasteiger partial charge on any atom is -0.493 e. The molecule has 0 fully saturated rings. The van der Waals surface area contributed by atoms with Gasteiger partial charge in [-0.2, -0.15) is 5.26 Å². The highest BCUT2D eigenvalue weighted by molar-refractivity contribution is 6.02. The number of nitrogens with zero attached hydrogens (tertiary/aromatic N) is 2. The van der Waals surface area contributed by atoms with Crippen molar-refractivity contribution in [3.63, 3.8) is 0 Å². The molecule has 0 aliphatic carbocycles. The van der Waals surface area contributed by atoms with Crippen LogP contribution in [0.15, 0.2) is 48.5 Å². The third-order valence-electron chi connectivity index (χ3n) is 4.40. The topological polar surface area (TPSA) is 74.6 Å². The van der Waals surface area contributed by atoms with Crippen LogP contribution < -0.4 is 14.8 Å². The van der Waals surface area contributed by atoms with E-state index >= 15 is 0 Å². The molecule has 1 amide bonds. The molecule has 29 heavy (non-hydrogen) atoms. The maximum atomic E-state index is 12.3. The molecule has 0 saturated heterocycles. The molecule has 2 rings (SSSR count). The van der Waals surface area contributed by atoms with Crippen molar-refractivity contribution in [3.05, 3.63) is 59.7 Å². The molecule has 0 unspecified atom stereocenters. The van der Waals surface area contributed by atoms with Gasteiger partial charge in [0.15, 0.2) is 18.1 Å². The van der Waals surface area contributed by atoms with Crippen molar-refractivity contribution >= 4 is 17.7 Å². The number of carbonyl (C=O) groups is 1. The van der Waals surface area contributed by atoms with Gasteiger partial charge in [0.2, 0.25) is 5.91 Å². The molecule has 0 aromatic heterocycles. The molecule has 6 nitrogen and oxygen atoms in total. The zero-order chi connectivity index (χ0) is 21.1. The van der Waals surface area contributed by atoms with Gasteiger partial charge >= 0.3 is 0 Å². The lowest BCUT2D eigenvalue weighted by molar-refractivity contribution is -0.111. The Labute approximate surface area is 172 Å². The van der Waals surface area contributed by atoms with Crippen molar-refractivity contribution in [2.24, 2.45) is 0 Å². The van der Waals surface area contributed by atoms with Crippen molar-refractivity contribution in [1.29, 1.82) is 5.26 Å². The lowest BCUT2D eigenvalue weighted by Gasteiger charge is -2.18. The van der Waals surface area contributed by atoms with Crippen LogP contribution in [-0.2, 0) is 11.3 Å². The molecule has 0 aliphatic rings. The molecule has 152 valence electrons. The lowest BCUT2D eigenvalue weighted by Crippen LogP contribution is -2.22. The molecular weight excluding hydrogens is 366 g/mol. The number of benzene rings is 2. The zero-order valence-electron chi connectivity index (χ0n) is 17.1. The number of anilines is 1. The van der Waals surface area contributed by atoms with E-state index in [1.165, 1.54) is 13.2 Å². The van der Waals surface area contributed by atoms with Gasteiger partial charge in [-0.05, 0) is 54.6 Å². The summed E-state index contributed by atoms with van der Waals surface area (Å²) in [5.41, 5.74) is 2.71. The van der Waals surface area contributed by atoms with Crippen molar-refractivity contribution in [2.45, 2.75) is 20.4 Å². The molecular formula is C23H27N3O3. The minimum absolute atomic E-state index is 0.0543. The number of rotatable bonds is 10. The number of carbonyl (C=O) groups excluding carboxylic acids is 1. The largest absolute Gasteiger partial charge is 0.493 e. The molecule has 0 radical (unpaired) electrons. The quantitative estimate of drug-likeness (QED) is 0.616. The lowest BCUT2D eigenvalue weighted by atomic mass is 10.1. The number of amides is 1. The highest BCUT2D eigenvalue weighted by Crippen LogP contribution is 2.28. The molecule has 2 aromatic carbocycles. The summed E-state index contributed by atoms with van der Waals surface area (Å²) in [6.45, 7) is 7.04. The van der Waals surface area contributed by atoms with Gasteiger partial charge in [-0.15, -0.1) is 0 Å². The van der Waals surface area contributed by atoms with Crippen LogP contribution in [0.4, 0.5) is 5.69 Å². The number of hydrogen-bond acceptors (Lipinski definition) is 5. The van der Waals surface area contributed by atoms with Gasteiger partial charge in [-0.1, -0.05) is 32.0 Å². The van der Waals surface area contributed by atoms with Crippen LogP contribution in [0.1, 0.15) is 25.0 Å². The van der Waals surface area contributed by atoms with Gasteiger partial charge < -0.3 is 14.8 Å². The Bertz CT molecular complexity index is 883. The second-order valence-corrected chi connectivity index (χ2v) is 6.34. The van der Waals surface area contributed by atoms with Gasteiger partial charge in [0, 0.05) is 18.3 Å². The Kier molecular flexibility index (Phi) is 8.74. The fourth-order valence-electron chi connectivity index (χ4n) is 2.83. The Morgan fingerprint density at radius 2 is 1.97 bits per heavy atom. The predicted molar refractivity (Wildman–Crippen MR) is 115 cm³/mol. The Hall–Kier alpha value is -3.30. The first-order valence-electron chi connectivity index (χ1n) is 9.57. The number of methoxy groups -OCH3 is 1. The van der Waals surface area contributed by atoms with Crippen LogP contribution in [0.3, 0.4) is 0 Å². The first-order valence-corrected chi connectivity index (χ1v) is 9.57. The molecule has 0 saturated carbocycles. The average Bonchev–Trinajstić information content (AvgIpc) is 2.75. The van der Waals surface area contributed by atoms with Gasteiger partial charge in [-0.25, -0.2) is 0 Å². The van der Waals surface area contributed by atoms with E-state index in [-0.39, 0.29) is 12.5 Å². The summed E-state index contributed by atoms with van der Waals surface area (Å²) in [5, 5.41) is 11.5. The highest BCUT2D eigenvalue weighted by atomic mass is 16.5. The van der Waals surface area contributed by atoms with Crippen LogP contribution in [0.25, 0.3) is 6.08 Å². The molecule has 0 spiro atoms. The Morgan fingerprint density at radius 3 is 2.66 bits per heavy atom. The average molecular weight is 393 g/mol. The second kappa shape index (κ2) is 11.5. The number of nitrogens with one attached hydrogen (secondary N) is 1. The molecule has 1 N–H and O–H groups in total. The van der Waals surface area contributed by atoms with Gasteiger partial charge in [0.25, 0.3) is 0 Å². The first kappa shape index (κ1) is 22.0. The van der Waals surface area contributed by atoms with Crippen LogP contribution in [0.2, 0.25) is 0 Å². The monoisotopic (exact) mass is 393 g/mol. The van der Waals surface area contributed by atoms with E-state index in [4.69, 9.17) is 14.7 Å². The van der Waals surface area contributed by atoms with Crippen LogP contribution in [0, 0.1) is 11.3 Å². The van der Waals surface area contributed by atoms with Crippen molar-refractivity contribution < 1.29 is 14.3 Å². The molecule has 0 aliphatic heterocycles. The van der Waals surface area contributed by atoms with Crippen LogP contribution in [-0.4, -0.2) is 37.6 Å². The molecule has 0 bridgehead atoms. The Balaban J connectivity index is 2.02. The van der Waals surface area contributed by atoms with Crippen LogP contribution >= 0.6 is 0 Å².